The second kappa shape index (κ2) is 9.38. The van der Waals surface area contributed by atoms with E-state index in [4.69, 9.17) is 0 Å². The normalized spacial score (nSPS) is 10.7. The molecule has 0 saturated heterocycles. The van der Waals surface area contributed by atoms with Gasteiger partial charge in [0.15, 0.2) is 5.16 Å². The highest BCUT2D eigenvalue weighted by Gasteiger charge is 2.12. The Morgan fingerprint density at radius 2 is 1.79 bits per heavy atom. The highest BCUT2D eigenvalue weighted by atomic mass is 32.2. The van der Waals surface area contributed by atoms with Crippen LogP contribution in [0.15, 0.2) is 58.5 Å². The van der Waals surface area contributed by atoms with Crippen LogP contribution in [0.3, 0.4) is 0 Å². The molecule has 150 valence electrons. The fourth-order valence-corrected chi connectivity index (χ4v) is 3.63. The Balaban J connectivity index is 1.55. The number of amides is 2. The summed E-state index contributed by atoms with van der Waals surface area (Å²) in [6.07, 6.45) is 0.803. The summed E-state index contributed by atoms with van der Waals surface area (Å²) in [5, 5.41) is 6.39. The van der Waals surface area contributed by atoms with Crippen molar-refractivity contribution in [3.05, 3.63) is 64.4 Å². The molecule has 29 heavy (non-hydrogen) atoms. The number of thioether (sulfide) groups is 1. The van der Waals surface area contributed by atoms with E-state index in [0.29, 0.717) is 16.1 Å². The molecular weight excluding hydrogens is 388 g/mol. The van der Waals surface area contributed by atoms with Gasteiger partial charge in [-0.3, -0.25) is 19.0 Å². The van der Waals surface area contributed by atoms with E-state index in [0.717, 1.165) is 29.4 Å². The van der Waals surface area contributed by atoms with Crippen molar-refractivity contribution < 1.29 is 9.59 Å². The molecule has 0 aliphatic rings. The minimum atomic E-state index is -0.309. The second-order valence-corrected chi connectivity index (χ2v) is 7.34. The molecule has 3 rings (SSSR count). The average Bonchev–Trinajstić information content (AvgIpc) is 2.74. The van der Waals surface area contributed by atoms with Crippen LogP contribution in [0.4, 0.5) is 5.69 Å². The van der Waals surface area contributed by atoms with Gasteiger partial charge in [0.05, 0.1) is 23.2 Å². The topological polar surface area (TPSA) is 93.1 Å². The van der Waals surface area contributed by atoms with Crippen LogP contribution < -0.4 is 16.2 Å². The van der Waals surface area contributed by atoms with Gasteiger partial charge in [-0.05, 0) is 30.2 Å². The van der Waals surface area contributed by atoms with Gasteiger partial charge in [0.25, 0.3) is 5.56 Å². The fourth-order valence-electron chi connectivity index (χ4n) is 2.83. The zero-order valence-electron chi connectivity index (χ0n) is 16.3. The number of nitrogens with zero attached hydrogens (tertiary/aromatic N) is 2. The van der Waals surface area contributed by atoms with Crippen molar-refractivity contribution in [2.75, 3.05) is 17.6 Å². The van der Waals surface area contributed by atoms with E-state index in [2.05, 4.69) is 15.6 Å². The molecule has 7 nitrogen and oxygen atoms in total. The van der Waals surface area contributed by atoms with Gasteiger partial charge in [0, 0.05) is 12.7 Å². The highest BCUT2D eigenvalue weighted by molar-refractivity contribution is 7.99. The third kappa shape index (κ3) is 5.03. The minimum absolute atomic E-state index is 0.0530. The number of aryl methyl sites for hydroxylation is 1. The van der Waals surface area contributed by atoms with Gasteiger partial charge in [-0.25, -0.2) is 4.98 Å². The summed E-state index contributed by atoms with van der Waals surface area (Å²) in [6.45, 7) is 1.89. The molecule has 2 aromatic carbocycles. The molecule has 0 aliphatic heterocycles. The number of hydrogen-bond donors (Lipinski definition) is 2. The summed E-state index contributed by atoms with van der Waals surface area (Å²) in [7, 11) is 1.63. The Bertz CT molecular complexity index is 1110. The minimum Gasteiger partial charge on any atom is -0.346 e. The molecule has 0 spiro atoms. The lowest BCUT2D eigenvalue weighted by Gasteiger charge is -2.11. The van der Waals surface area contributed by atoms with Crippen LogP contribution in [-0.4, -0.2) is 33.7 Å². The first-order valence-corrected chi connectivity index (χ1v) is 10.2. The van der Waals surface area contributed by atoms with Gasteiger partial charge in [-0.15, -0.1) is 0 Å². The number of fused-ring (bicyclic) bond motifs is 1. The molecule has 8 heteroatoms. The summed E-state index contributed by atoms with van der Waals surface area (Å²) < 4.78 is 1.43. The van der Waals surface area contributed by atoms with Crippen molar-refractivity contribution in [2.45, 2.75) is 18.5 Å². The number of carbonyl (C=O) groups excluding carboxylic acids is 2. The van der Waals surface area contributed by atoms with Crippen LogP contribution in [0.2, 0.25) is 0 Å². The maximum atomic E-state index is 12.4. The molecular formula is C21H22N4O3S. The van der Waals surface area contributed by atoms with Crippen molar-refractivity contribution in [2.24, 2.45) is 7.05 Å². The molecule has 2 N–H and O–H groups in total. The number of hydrogen-bond acceptors (Lipinski definition) is 5. The average molecular weight is 410 g/mol. The molecule has 0 aliphatic carbocycles. The first-order valence-electron chi connectivity index (χ1n) is 9.22. The quantitative estimate of drug-likeness (QED) is 0.461. The van der Waals surface area contributed by atoms with Crippen LogP contribution in [0.5, 0.6) is 0 Å². The first-order chi connectivity index (χ1) is 14.0. The predicted octanol–water partition coefficient (Wildman–Crippen LogP) is 2.34. The number of carbonyl (C=O) groups is 2. The standard InChI is InChI=1S/C21H22N4O3S/c1-3-14-8-4-6-10-16(14)23-18(26)12-22-19(27)13-29-21-24-17-11-7-5-9-15(17)20(28)25(21)2/h4-11H,3,12-13H2,1-2H3,(H,22,27)(H,23,26). The molecule has 0 radical (unpaired) electrons. The molecule has 0 fully saturated rings. The summed E-state index contributed by atoms with van der Waals surface area (Å²) >= 11 is 1.15. The lowest BCUT2D eigenvalue weighted by Crippen LogP contribution is -2.34. The first kappa shape index (κ1) is 20.6. The van der Waals surface area contributed by atoms with Gasteiger partial charge in [-0.1, -0.05) is 49.0 Å². The maximum Gasteiger partial charge on any atom is 0.261 e. The zero-order chi connectivity index (χ0) is 20.8. The van der Waals surface area contributed by atoms with Crippen LogP contribution in [0.25, 0.3) is 10.9 Å². The van der Waals surface area contributed by atoms with Crippen molar-refractivity contribution in [1.82, 2.24) is 14.9 Å². The third-order valence-electron chi connectivity index (χ3n) is 4.39. The molecule has 1 heterocycles. The van der Waals surface area contributed by atoms with E-state index in [1.807, 2.05) is 37.3 Å². The van der Waals surface area contributed by atoms with E-state index in [1.165, 1.54) is 4.57 Å². The Kier molecular flexibility index (Phi) is 6.66. The second-order valence-electron chi connectivity index (χ2n) is 6.40. The summed E-state index contributed by atoms with van der Waals surface area (Å²) in [4.78, 5) is 41.1. The summed E-state index contributed by atoms with van der Waals surface area (Å²) in [5.41, 5.74) is 2.21. The highest BCUT2D eigenvalue weighted by Crippen LogP contribution is 2.17. The van der Waals surface area contributed by atoms with Gasteiger partial charge < -0.3 is 10.6 Å². The van der Waals surface area contributed by atoms with E-state index < -0.39 is 0 Å². The Morgan fingerprint density at radius 3 is 2.59 bits per heavy atom. The number of para-hydroxylation sites is 2. The van der Waals surface area contributed by atoms with Gasteiger partial charge >= 0.3 is 0 Å². The molecule has 2 amide bonds. The zero-order valence-corrected chi connectivity index (χ0v) is 17.1. The van der Waals surface area contributed by atoms with Crippen molar-refractivity contribution in [3.63, 3.8) is 0 Å². The van der Waals surface area contributed by atoms with Gasteiger partial charge in [-0.2, -0.15) is 0 Å². The smallest absolute Gasteiger partial charge is 0.261 e. The van der Waals surface area contributed by atoms with Crippen LogP contribution in [-0.2, 0) is 23.1 Å². The number of benzene rings is 2. The molecule has 0 saturated carbocycles. The molecule has 0 bridgehead atoms. The fraction of sp³-hybridized carbons (Fsp3) is 0.238. The Labute approximate surface area is 172 Å². The summed E-state index contributed by atoms with van der Waals surface area (Å²) in [6, 6.07) is 14.6. The van der Waals surface area contributed by atoms with Crippen molar-refractivity contribution in [3.8, 4) is 0 Å². The Hall–Kier alpha value is -3.13. The SMILES string of the molecule is CCc1ccccc1NC(=O)CNC(=O)CSc1nc2ccccc2c(=O)n1C. The van der Waals surface area contributed by atoms with Gasteiger partial charge in [0.1, 0.15) is 0 Å². The van der Waals surface area contributed by atoms with Gasteiger partial charge in [0.2, 0.25) is 11.8 Å². The third-order valence-corrected chi connectivity index (χ3v) is 5.42. The maximum absolute atomic E-state index is 12.4. The largest absolute Gasteiger partial charge is 0.346 e. The lowest BCUT2D eigenvalue weighted by atomic mass is 10.1. The van der Waals surface area contributed by atoms with E-state index in [9.17, 15) is 14.4 Å². The molecule has 1 aromatic heterocycles. The van der Waals surface area contributed by atoms with E-state index in [-0.39, 0.29) is 29.7 Å². The lowest BCUT2D eigenvalue weighted by molar-refractivity contribution is -0.122. The van der Waals surface area contributed by atoms with E-state index in [1.54, 1.807) is 25.2 Å². The number of anilines is 1. The van der Waals surface area contributed by atoms with Crippen molar-refractivity contribution in [1.29, 1.82) is 0 Å². The Morgan fingerprint density at radius 1 is 1.07 bits per heavy atom. The number of aromatic nitrogens is 2. The van der Waals surface area contributed by atoms with E-state index >= 15 is 0 Å². The molecule has 0 atom stereocenters. The van der Waals surface area contributed by atoms with Crippen LogP contribution >= 0.6 is 11.8 Å². The number of nitrogens with one attached hydrogen (secondary N) is 2. The molecule has 3 aromatic rings. The van der Waals surface area contributed by atoms with Crippen LogP contribution in [0, 0.1) is 0 Å². The predicted molar refractivity (Wildman–Crippen MR) is 115 cm³/mol. The molecule has 0 unspecified atom stereocenters. The monoisotopic (exact) mass is 410 g/mol. The van der Waals surface area contributed by atoms with Crippen molar-refractivity contribution >= 4 is 40.2 Å². The summed E-state index contributed by atoms with van der Waals surface area (Å²) in [5.74, 6) is -0.547. The van der Waals surface area contributed by atoms with Crippen LogP contribution in [0.1, 0.15) is 12.5 Å². The number of rotatable bonds is 7.